The van der Waals surface area contributed by atoms with Crippen molar-refractivity contribution in [2.24, 2.45) is 5.92 Å². The van der Waals surface area contributed by atoms with Crippen molar-refractivity contribution >= 4 is 27.5 Å². The summed E-state index contributed by atoms with van der Waals surface area (Å²) in [5, 5.41) is 5.41. The summed E-state index contributed by atoms with van der Waals surface area (Å²) in [6.45, 7) is 5.63. The molecule has 2 aromatic carbocycles. The van der Waals surface area contributed by atoms with Crippen molar-refractivity contribution in [3.05, 3.63) is 59.7 Å². The van der Waals surface area contributed by atoms with Crippen LogP contribution >= 0.6 is 0 Å². The van der Waals surface area contributed by atoms with Crippen LogP contribution in [-0.4, -0.2) is 33.3 Å². The van der Waals surface area contributed by atoms with Gasteiger partial charge in [0.1, 0.15) is 0 Å². The first-order valence-corrected chi connectivity index (χ1v) is 10.4. The number of hydrogen-bond donors (Lipinski definition) is 3. The fourth-order valence-electron chi connectivity index (χ4n) is 2.32. The summed E-state index contributed by atoms with van der Waals surface area (Å²) in [7, 11) is -3.61. The maximum atomic E-state index is 12.2. The van der Waals surface area contributed by atoms with Gasteiger partial charge in [-0.05, 0) is 48.9 Å². The van der Waals surface area contributed by atoms with Crippen molar-refractivity contribution in [1.29, 1.82) is 0 Å². The zero-order valence-electron chi connectivity index (χ0n) is 16.2. The van der Waals surface area contributed by atoms with E-state index in [1.54, 1.807) is 50.2 Å². The number of anilines is 1. The van der Waals surface area contributed by atoms with Crippen molar-refractivity contribution in [1.82, 2.24) is 10.0 Å². The summed E-state index contributed by atoms with van der Waals surface area (Å²) in [5.74, 6) is -0.555. The number of carbonyl (C=O) groups is 2. The first-order chi connectivity index (χ1) is 13.2. The molecule has 0 atom stereocenters. The van der Waals surface area contributed by atoms with Crippen molar-refractivity contribution in [3.63, 3.8) is 0 Å². The monoisotopic (exact) mass is 403 g/mol. The summed E-state index contributed by atoms with van der Waals surface area (Å²) in [5.41, 5.74) is 1.88. The van der Waals surface area contributed by atoms with Crippen LogP contribution in [-0.2, 0) is 14.8 Å². The molecule has 2 aromatic rings. The van der Waals surface area contributed by atoms with Crippen LogP contribution in [0.1, 0.15) is 29.8 Å². The molecular weight excluding hydrogens is 378 g/mol. The highest BCUT2D eigenvalue weighted by Gasteiger charge is 2.13. The van der Waals surface area contributed by atoms with Gasteiger partial charge in [0.15, 0.2) is 0 Å². The van der Waals surface area contributed by atoms with Crippen LogP contribution in [0.25, 0.3) is 0 Å². The minimum Gasteiger partial charge on any atom is -0.351 e. The second-order valence-corrected chi connectivity index (χ2v) is 8.46. The highest BCUT2D eigenvalue weighted by molar-refractivity contribution is 7.89. The Morgan fingerprint density at radius 2 is 1.68 bits per heavy atom. The molecule has 28 heavy (non-hydrogen) atoms. The van der Waals surface area contributed by atoms with Gasteiger partial charge in [0.2, 0.25) is 15.9 Å². The van der Waals surface area contributed by atoms with Crippen LogP contribution in [0.15, 0.2) is 53.4 Å². The summed E-state index contributed by atoms with van der Waals surface area (Å²) in [4.78, 5) is 24.0. The van der Waals surface area contributed by atoms with Crippen molar-refractivity contribution in [3.8, 4) is 0 Å². The van der Waals surface area contributed by atoms with Gasteiger partial charge in [-0.2, -0.15) is 0 Å². The summed E-state index contributed by atoms with van der Waals surface area (Å²) >= 11 is 0. The van der Waals surface area contributed by atoms with Gasteiger partial charge in [-0.1, -0.05) is 26.0 Å². The Labute approximate surface area is 165 Å². The standard InChI is InChI=1S/C20H25N3O4S/c1-14(2)19(24)23-17-9-7-16(8-10-17)20(25)21-11-12-22-28(26,27)18-6-4-5-15(3)13-18/h4-10,13-14,22H,11-12H2,1-3H3,(H,21,25)(H,23,24). The molecule has 8 heteroatoms. The van der Waals surface area contributed by atoms with Gasteiger partial charge in [0.05, 0.1) is 4.90 Å². The zero-order chi connectivity index (χ0) is 20.7. The molecule has 2 rings (SSSR count). The number of hydrogen-bond acceptors (Lipinski definition) is 4. The highest BCUT2D eigenvalue weighted by Crippen LogP contribution is 2.11. The Balaban J connectivity index is 1.83. The smallest absolute Gasteiger partial charge is 0.251 e. The molecule has 0 aliphatic heterocycles. The fraction of sp³-hybridized carbons (Fsp3) is 0.300. The lowest BCUT2D eigenvalue weighted by Gasteiger charge is -2.10. The van der Waals surface area contributed by atoms with E-state index >= 15 is 0 Å². The Hall–Kier alpha value is -2.71. The van der Waals surface area contributed by atoms with E-state index in [1.165, 1.54) is 6.07 Å². The van der Waals surface area contributed by atoms with Crippen LogP contribution in [0.4, 0.5) is 5.69 Å². The number of sulfonamides is 1. The SMILES string of the molecule is Cc1cccc(S(=O)(=O)NCCNC(=O)c2ccc(NC(=O)C(C)C)cc2)c1. The molecule has 0 radical (unpaired) electrons. The number of benzene rings is 2. The number of aryl methyl sites for hydroxylation is 1. The first kappa shape index (κ1) is 21.6. The molecule has 0 spiro atoms. The molecule has 2 amide bonds. The highest BCUT2D eigenvalue weighted by atomic mass is 32.2. The van der Waals surface area contributed by atoms with Crippen LogP contribution in [0.3, 0.4) is 0 Å². The predicted molar refractivity (Wildman–Crippen MR) is 109 cm³/mol. The summed E-state index contributed by atoms with van der Waals surface area (Å²) in [6.07, 6.45) is 0. The average Bonchev–Trinajstić information content (AvgIpc) is 2.65. The predicted octanol–water partition coefficient (Wildman–Crippen LogP) is 2.30. The summed E-state index contributed by atoms with van der Waals surface area (Å²) < 4.78 is 26.9. The largest absolute Gasteiger partial charge is 0.351 e. The van der Waals surface area contributed by atoms with Gasteiger partial charge < -0.3 is 10.6 Å². The van der Waals surface area contributed by atoms with E-state index in [0.29, 0.717) is 11.3 Å². The fourth-order valence-corrected chi connectivity index (χ4v) is 3.46. The van der Waals surface area contributed by atoms with E-state index in [-0.39, 0.29) is 35.7 Å². The minimum absolute atomic E-state index is 0.0740. The Morgan fingerprint density at radius 1 is 1.00 bits per heavy atom. The third kappa shape index (κ3) is 6.17. The van der Waals surface area contributed by atoms with E-state index in [9.17, 15) is 18.0 Å². The molecule has 7 nitrogen and oxygen atoms in total. The molecular formula is C20H25N3O4S. The Kier molecular flexibility index (Phi) is 7.31. The van der Waals surface area contributed by atoms with Crippen LogP contribution in [0.5, 0.6) is 0 Å². The zero-order valence-corrected chi connectivity index (χ0v) is 17.0. The molecule has 0 aromatic heterocycles. The second kappa shape index (κ2) is 9.48. The van der Waals surface area contributed by atoms with Crippen LogP contribution in [0, 0.1) is 12.8 Å². The summed E-state index contributed by atoms with van der Waals surface area (Å²) in [6, 6.07) is 13.1. The number of amides is 2. The topological polar surface area (TPSA) is 104 Å². The maximum Gasteiger partial charge on any atom is 0.251 e. The Bertz CT molecular complexity index is 938. The van der Waals surface area contributed by atoms with Gasteiger partial charge in [-0.3, -0.25) is 9.59 Å². The lowest BCUT2D eigenvalue weighted by atomic mass is 10.1. The molecule has 0 aliphatic carbocycles. The average molecular weight is 404 g/mol. The third-order valence-electron chi connectivity index (χ3n) is 3.94. The van der Waals surface area contributed by atoms with E-state index in [2.05, 4.69) is 15.4 Å². The lowest BCUT2D eigenvalue weighted by Crippen LogP contribution is -2.34. The first-order valence-electron chi connectivity index (χ1n) is 8.94. The van der Waals surface area contributed by atoms with Gasteiger partial charge >= 0.3 is 0 Å². The lowest BCUT2D eigenvalue weighted by molar-refractivity contribution is -0.118. The Morgan fingerprint density at radius 3 is 2.29 bits per heavy atom. The molecule has 0 heterocycles. The quantitative estimate of drug-likeness (QED) is 0.588. The van der Waals surface area contributed by atoms with Gasteiger partial charge in [0, 0.05) is 30.3 Å². The second-order valence-electron chi connectivity index (χ2n) is 6.69. The molecule has 0 aliphatic rings. The van der Waals surface area contributed by atoms with Gasteiger partial charge in [-0.25, -0.2) is 13.1 Å². The van der Waals surface area contributed by atoms with E-state index in [0.717, 1.165) is 5.56 Å². The van der Waals surface area contributed by atoms with Crippen LogP contribution < -0.4 is 15.4 Å². The van der Waals surface area contributed by atoms with Crippen molar-refractivity contribution in [2.75, 3.05) is 18.4 Å². The number of carbonyl (C=O) groups excluding carboxylic acids is 2. The maximum absolute atomic E-state index is 12.2. The van der Waals surface area contributed by atoms with Gasteiger partial charge in [-0.15, -0.1) is 0 Å². The number of rotatable bonds is 8. The van der Waals surface area contributed by atoms with E-state index in [1.807, 2.05) is 13.0 Å². The molecule has 0 saturated heterocycles. The van der Waals surface area contributed by atoms with Gasteiger partial charge in [0.25, 0.3) is 5.91 Å². The van der Waals surface area contributed by atoms with Crippen molar-refractivity contribution in [2.45, 2.75) is 25.7 Å². The van der Waals surface area contributed by atoms with E-state index in [4.69, 9.17) is 0 Å². The molecule has 150 valence electrons. The van der Waals surface area contributed by atoms with E-state index < -0.39 is 10.0 Å². The van der Waals surface area contributed by atoms with Crippen LogP contribution in [0.2, 0.25) is 0 Å². The molecule has 0 fully saturated rings. The minimum atomic E-state index is -3.61. The molecule has 3 N–H and O–H groups in total. The normalized spacial score (nSPS) is 11.3. The molecule has 0 unspecified atom stereocenters. The third-order valence-corrected chi connectivity index (χ3v) is 5.40. The molecule has 0 saturated carbocycles. The van der Waals surface area contributed by atoms with Crippen molar-refractivity contribution < 1.29 is 18.0 Å². The molecule has 0 bridgehead atoms. The number of nitrogens with one attached hydrogen (secondary N) is 3.